The Morgan fingerprint density at radius 2 is 2.00 bits per heavy atom. The van der Waals surface area contributed by atoms with Gasteiger partial charge in [0.2, 0.25) is 0 Å². The molecule has 1 aromatic heterocycles. The van der Waals surface area contributed by atoms with Gasteiger partial charge in [-0.3, -0.25) is 0 Å². The van der Waals surface area contributed by atoms with Crippen molar-refractivity contribution in [3.63, 3.8) is 0 Å². The van der Waals surface area contributed by atoms with E-state index in [-0.39, 0.29) is 5.57 Å². The standard InChI is InChI=1S/C16H7ClF2N2S/c17-11-2-4-15-14(7-11)21-16(22-15)10(8-20)5-9-1-3-12(18)13(19)6-9/h1-7H. The van der Waals surface area contributed by atoms with Crippen LogP contribution in [0.2, 0.25) is 5.02 Å². The van der Waals surface area contributed by atoms with Crippen LogP contribution in [-0.4, -0.2) is 4.98 Å². The van der Waals surface area contributed by atoms with E-state index in [4.69, 9.17) is 11.6 Å². The average molecular weight is 333 g/mol. The van der Waals surface area contributed by atoms with Crippen LogP contribution in [0, 0.1) is 23.0 Å². The lowest BCUT2D eigenvalue weighted by Gasteiger charge is -1.97. The van der Waals surface area contributed by atoms with E-state index >= 15 is 0 Å². The third kappa shape index (κ3) is 2.84. The van der Waals surface area contributed by atoms with Crippen molar-refractivity contribution >= 4 is 44.8 Å². The van der Waals surface area contributed by atoms with Crippen molar-refractivity contribution in [1.29, 1.82) is 5.26 Å². The molecule has 0 unspecified atom stereocenters. The van der Waals surface area contributed by atoms with Gasteiger partial charge in [-0.1, -0.05) is 17.7 Å². The maximum Gasteiger partial charge on any atom is 0.159 e. The number of hydrogen-bond acceptors (Lipinski definition) is 3. The molecule has 2 aromatic carbocycles. The zero-order chi connectivity index (χ0) is 15.7. The minimum absolute atomic E-state index is 0.281. The highest BCUT2D eigenvalue weighted by Gasteiger charge is 2.10. The van der Waals surface area contributed by atoms with Gasteiger partial charge >= 0.3 is 0 Å². The summed E-state index contributed by atoms with van der Waals surface area (Å²) in [5, 5.41) is 10.4. The molecule has 0 fully saturated rings. The number of benzene rings is 2. The fraction of sp³-hybridized carbons (Fsp3) is 0. The Bertz CT molecular complexity index is 941. The molecule has 0 atom stereocenters. The second-order valence-electron chi connectivity index (χ2n) is 4.47. The Hall–Kier alpha value is -2.29. The van der Waals surface area contributed by atoms with Crippen LogP contribution < -0.4 is 0 Å². The molecular weight excluding hydrogens is 326 g/mol. The van der Waals surface area contributed by atoms with E-state index in [2.05, 4.69) is 4.98 Å². The third-order valence-electron chi connectivity index (χ3n) is 2.96. The summed E-state index contributed by atoms with van der Waals surface area (Å²) in [4.78, 5) is 4.36. The Labute approximate surface area is 133 Å². The topological polar surface area (TPSA) is 36.7 Å². The molecule has 1 heterocycles. The molecule has 0 saturated heterocycles. The molecule has 0 bridgehead atoms. The first-order valence-electron chi connectivity index (χ1n) is 6.20. The Morgan fingerprint density at radius 1 is 1.18 bits per heavy atom. The number of nitrogens with zero attached hydrogens (tertiary/aromatic N) is 2. The van der Waals surface area contributed by atoms with Crippen molar-refractivity contribution in [3.8, 4) is 6.07 Å². The molecule has 6 heteroatoms. The van der Waals surface area contributed by atoms with E-state index in [0.29, 0.717) is 21.1 Å². The fourth-order valence-electron chi connectivity index (χ4n) is 1.93. The predicted octanol–water partition coefficient (Wildman–Crippen LogP) is 5.29. The number of thiazole rings is 1. The summed E-state index contributed by atoms with van der Waals surface area (Å²) < 4.78 is 27.1. The highest BCUT2D eigenvalue weighted by molar-refractivity contribution is 7.19. The highest BCUT2D eigenvalue weighted by Crippen LogP contribution is 2.29. The first-order chi connectivity index (χ1) is 10.6. The predicted molar refractivity (Wildman–Crippen MR) is 84.5 cm³/mol. The summed E-state index contributed by atoms with van der Waals surface area (Å²) >= 11 is 7.25. The summed E-state index contributed by atoms with van der Waals surface area (Å²) in [5.74, 6) is -1.88. The summed E-state index contributed by atoms with van der Waals surface area (Å²) in [6.45, 7) is 0. The average Bonchev–Trinajstić information content (AvgIpc) is 2.91. The zero-order valence-corrected chi connectivity index (χ0v) is 12.6. The van der Waals surface area contributed by atoms with Crippen LogP contribution >= 0.6 is 22.9 Å². The monoisotopic (exact) mass is 332 g/mol. The van der Waals surface area contributed by atoms with Gasteiger partial charge in [0, 0.05) is 5.02 Å². The van der Waals surface area contributed by atoms with Crippen LogP contribution in [0.15, 0.2) is 36.4 Å². The number of nitriles is 1. The quantitative estimate of drug-likeness (QED) is 0.598. The van der Waals surface area contributed by atoms with Gasteiger partial charge in [-0.25, -0.2) is 13.8 Å². The number of fused-ring (bicyclic) bond motifs is 1. The number of aromatic nitrogens is 1. The molecule has 0 aliphatic carbocycles. The number of allylic oxidation sites excluding steroid dienone is 1. The van der Waals surface area contributed by atoms with Crippen LogP contribution in [0.5, 0.6) is 0 Å². The maximum absolute atomic E-state index is 13.2. The summed E-state index contributed by atoms with van der Waals surface area (Å²) in [6.07, 6.45) is 1.47. The van der Waals surface area contributed by atoms with Crippen molar-refractivity contribution in [2.24, 2.45) is 0 Å². The van der Waals surface area contributed by atoms with Gasteiger partial charge < -0.3 is 0 Å². The molecule has 0 saturated carbocycles. The molecule has 3 aromatic rings. The molecule has 0 spiro atoms. The molecule has 0 amide bonds. The SMILES string of the molecule is N#CC(=Cc1ccc(F)c(F)c1)c1nc2cc(Cl)ccc2s1. The van der Waals surface area contributed by atoms with E-state index in [0.717, 1.165) is 16.8 Å². The van der Waals surface area contributed by atoms with Crippen LogP contribution in [0.25, 0.3) is 21.9 Å². The van der Waals surface area contributed by atoms with Gasteiger partial charge in [0.1, 0.15) is 11.1 Å². The molecule has 3 rings (SSSR count). The fourth-order valence-corrected chi connectivity index (χ4v) is 3.00. The molecule has 108 valence electrons. The van der Waals surface area contributed by atoms with Gasteiger partial charge in [0.25, 0.3) is 0 Å². The van der Waals surface area contributed by atoms with Crippen molar-refractivity contribution in [2.75, 3.05) is 0 Å². The molecule has 0 N–H and O–H groups in total. The third-order valence-corrected chi connectivity index (χ3v) is 4.26. The lowest BCUT2D eigenvalue weighted by Crippen LogP contribution is -1.85. The molecule has 0 radical (unpaired) electrons. The molecule has 0 aliphatic rings. The first kappa shape index (κ1) is 14.6. The molecular formula is C16H7ClF2N2S. The second-order valence-corrected chi connectivity index (χ2v) is 5.94. The smallest absolute Gasteiger partial charge is 0.159 e. The Balaban J connectivity index is 2.07. The van der Waals surface area contributed by atoms with E-state index < -0.39 is 11.6 Å². The van der Waals surface area contributed by atoms with Crippen molar-refractivity contribution in [1.82, 2.24) is 4.98 Å². The first-order valence-corrected chi connectivity index (χ1v) is 7.39. The minimum Gasteiger partial charge on any atom is -0.235 e. The summed E-state index contributed by atoms with van der Waals surface area (Å²) in [7, 11) is 0. The Morgan fingerprint density at radius 3 is 2.73 bits per heavy atom. The molecule has 0 aliphatic heterocycles. The second kappa shape index (κ2) is 5.84. The van der Waals surface area contributed by atoms with Gasteiger partial charge in [0.05, 0.1) is 15.8 Å². The normalized spacial score (nSPS) is 11.6. The van der Waals surface area contributed by atoms with E-state index in [9.17, 15) is 14.0 Å². The van der Waals surface area contributed by atoms with Crippen LogP contribution in [0.4, 0.5) is 8.78 Å². The largest absolute Gasteiger partial charge is 0.235 e. The maximum atomic E-state index is 13.2. The zero-order valence-electron chi connectivity index (χ0n) is 11.0. The van der Waals surface area contributed by atoms with Crippen LogP contribution in [0.1, 0.15) is 10.6 Å². The number of halogens is 3. The van der Waals surface area contributed by atoms with Crippen molar-refractivity contribution in [3.05, 3.63) is 63.6 Å². The summed E-state index contributed by atoms with van der Waals surface area (Å²) in [6, 6.07) is 10.8. The van der Waals surface area contributed by atoms with Gasteiger partial charge in [0.15, 0.2) is 11.6 Å². The van der Waals surface area contributed by atoms with E-state index in [1.807, 2.05) is 12.1 Å². The number of hydrogen-bond donors (Lipinski definition) is 0. The molecule has 2 nitrogen and oxygen atoms in total. The lowest BCUT2D eigenvalue weighted by atomic mass is 10.1. The van der Waals surface area contributed by atoms with E-state index in [1.165, 1.54) is 23.5 Å². The Kier molecular flexibility index (Phi) is 3.88. The summed E-state index contributed by atoms with van der Waals surface area (Å²) in [5.41, 5.74) is 1.37. The highest BCUT2D eigenvalue weighted by atomic mass is 35.5. The lowest BCUT2D eigenvalue weighted by molar-refractivity contribution is 0.508. The number of rotatable bonds is 2. The van der Waals surface area contributed by atoms with Crippen molar-refractivity contribution < 1.29 is 8.78 Å². The van der Waals surface area contributed by atoms with Gasteiger partial charge in [-0.15, -0.1) is 11.3 Å². The van der Waals surface area contributed by atoms with Crippen molar-refractivity contribution in [2.45, 2.75) is 0 Å². The van der Waals surface area contributed by atoms with Gasteiger partial charge in [-0.2, -0.15) is 5.26 Å². The van der Waals surface area contributed by atoms with E-state index in [1.54, 1.807) is 12.1 Å². The van der Waals surface area contributed by atoms with Gasteiger partial charge in [-0.05, 0) is 42.0 Å². The molecule has 22 heavy (non-hydrogen) atoms. The minimum atomic E-state index is -0.956. The van der Waals surface area contributed by atoms with Crippen LogP contribution in [0.3, 0.4) is 0 Å². The van der Waals surface area contributed by atoms with Crippen LogP contribution in [-0.2, 0) is 0 Å².